The Morgan fingerprint density at radius 3 is 1.24 bits per heavy atom. The van der Waals surface area contributed by atoms with E-state index in [-0.39, 0.29) is 12.1 Å². The molecule has 0 aliphatic heterocycles. The fourth-order valence-corrected chi connectivity index (χ4v) is 5.29. The van der Waals surface area contributed by atoms with Crippen LogP contribution in [0.15, 0.2) is 0 Å². The normalized spacial score (nSPS) is 12.1. The number of carbonyl (C=O) groups excluding carboxylic acids is 1. The van der Waals surface area contributed by atoms with Gasteiger partial charge < -0.3 is 9.84 Å². The zero-order chi connectivity index (χ0) is 27.9. The van der Waals surface area contributed by atoms with Crippen molar-refractivity contribution in [1.82, 2.24) is 0 Å². The van der Waals surface area contributed by atoms with E-state index in [1.165, 1.54) is 109 Å². The van der Waals surface area contributed by atoms with E-state index in [1.54, 1.807) is 0 Å². The molecule has 0 aromatic heterocycles. The van der Waals surface area contributed by atoms with E-state index in [0.717, 1.165) is 64.2 Å². The molecular formula is C34H66O4. The van der Waals surface area contributed by atoms with Gasteiger partial charge in [0.2, 0.25) is 0 Å². The highest BCUT2D eigenvalue weighted by molar-refractivity contribution is 5.69. The summed E-state index contributed by atoms with van der Waals surface area (Å²) in [6, 6.07) is 0. The summed E-state index contributed by atoms with van der Waals surface area (Å²) >= 11 is 0. The second kappa shape index (κ2) is 30.5. The molecule has 0 heterocycles. The first-order valence-corrected chi connectivity index (χ1v) is 17.0. The van der Waals surface area contributed by atoms with Gasteiger partial charge in [0, 0.05) is 12.8 Å². The second-order valence-electron chi connectivity index (χ2n) is 11.7. The molecule has 1 unspecified atom stereocenters. The van der Waals surface area contributed by atoms with Crippen LogP contribution in [0.2, 0.25) is 0 Å². The van der Waals surface area contributed by atoms with Gasteiger partial charge in [-0.25, -0.2) is 0 Å². The molecular weight excluding hydrogens is 472 g/mol. The molecule has 0 spiro atoms. The topological polar surface area (TPSA) is 63.6 Å². The smallest absolute Gasteiger partial charge is 0.306 e. The van der Waals surface area contributed by atoms with Crippen molar-refractivity contribution in [3.63, 3.8) is 0 Å². The number of carbonyl (C=O) groups is 2. The van der Waals surface area contributed by atoms with Crippen LogP contribution < -0.4 is 0 Å². The molecule has 226 valence electrons. The van der Waals surface area contributed by atoms with Crippen molar-refractivity contribution in [3.05, 3.63) is 0 Å². The first-order chi connectivity index (χ1) is 18.6. The summed E-state index contributed by atoms with van der Waals surface area (Å²) < 4.78 is 5.89. The highest BCUT2D eigenvalue weighted by Crippen LogP contribution is 2.18. The maximum Gasteiger partial charge on any atom is 0.306 e. The van der Waals surface area contributed by atoms with E-state index < -0.39 is 5.97 Å². The van der Waals surface area contributed by atoms with Gasteiger partial charge in [-0.05, 0) is 32.1 Å². The first-order valence-electron chi connectivity index (χ1n) is 17.0. The molecule has 0 rings (SSSR count). The van der Waals surface area contributed by atoms with Crippen LogP contribution >= 0.6 is 0 Å². The van der Waals surface area contributed by atoms with E-state index in [1.807, 2.05) is 0 Å². The molecule has 4 heteroatoms. The van der Waals surface area contributed by atoms with E-state index in [0.29, 0.717) is 12.8 Å². The van der Waals surface area contributed by atoms with Crippen molar-refractivity contribution in [3.8, 4) is 0 Å². The monoisotopic (exact) mass is 538 g/mol. The van der Waals surface area contributed by atoms with Crippen LogP contribution in [0, 0.1) is 0 Å². The van der Waals surface area contributed by atoms with Gasteiger partial charge in [0.25, 0.3) is 0 Å². The number of rotatable bonds is 31. The standard InChI is InChI=1S/C34H66O4/c1-3-5-7-8-9-10-11-12-13-18-21-24-27-31-34(37)38-32(28-6-4-2)29-25-22-19-16-14-15-17-20-23-26-30-33(35)36/h32H,3-31H2,1-2H3,(H,35,36). The van der Waals surface area contributed by atoms with Crippen LogP contribution in [0.4, 0.5) is 0 Å². The molecule has 0 saturated carbocycles. The third-order valence-electron chi connectivity index (χ3n) is 7.83. The third-order valence-corrected chi connectivity index (χ3v) is 7.83. The molecule has 0 aromatic rings. The minimum Gasteiger partial charge on any atom is -0.481 e. The number of esters is 1. The summed E-state index contributed by atoms with van der Waals surface area (Å²) in [5.41, 5.74) is 0. The minimum absolute atomic E-state index is 0.0255. The van der Waals surface area contributed by atoms with Crippen LogP contribution in [-0.2, 0) is 14.3 Å². The molecule has 0 aliphatic carbocycles. The van der Waals surface area contributed by atoms with E-state index in [9.17, 15) is 9.59 Å². The zero-order valence-electron chi connectivity index (χ0n) is 25.8. The Morgan fingerprint density at radius 2 is 0.816 bits per heavy atom. The van der Waals surface area contributed by atoms with Crippen molar-refractivity contribution in [2.75, 3.05) is 0 Å². The summed E-state index contributed by atoms with van der Waals surface area (Å²) in [6.45, 7) is 4.48. The summed E-state index contributed by atoms with van der Waals surface area (Å²) in [7, 11) is 0. The zero-order valence-corrected chi connectivity index (χ0v) is 25.8. The van der Waals surface area contributed by atoms with Gasteiger partial charge in [0.1, 0.15) is 6.10 Å². The number of carboxylic acid groups (broad SMARTS) is 1. The van der Waals surface area contributed by atoms with Gasteiger partial charge in [-0.15, -0.1) is 0 Å². The highest BCUT2D eigenvalue weighted by Gasteiger charge is 2.13. The van der Waals surface area contributed by atoms with E-state index >= 15 is 0 Å². The number of unbranched alkanes of at least 4 members (excludes halogenated alkanes) is 22. The summed E-state index contributed by atoms with van der Waals surface area (Å²) in [5, 5.41) is 8.66. The lowest BCUT2D eigenvalue weighted by Gasteiger charge is -2.18. The molecule has 0 fully saturated rings. The number of hydrogen-bond donors (Lipinski definition) is 1. The molecule has 4 nitrogen and oxygen atoms in total. The summed E-state index contributed by atoms with van der Waals surface area (Å²) in [4.78, 5) is 22.9. The van der Waals surface area contributed by atoms with Crippen molar-refractivity contribution in [2.24, 2.45) is 0 Å². The maximum absolute atomic E-state index is 12.4. The van der Waals surface area contributed by atoms with E-state index in [2.05, 4.69) is 13.8 Å². The summed E-state index contributed by atoms with van der Waals surface area (Å²) in [5.74, 6) is -0.649. The van der Waals surface area contributed by atoms with Gasteiger partial charge in [-0.2, -0.15) is 0 Å². The molecule has 0 aliphatic rings. The Morgan fingerprint density at radius 1 is 0.474 bits per heavy atom. The predicted molar refractivity (Wildman–Crippen MR) is 163 cm³/mol. The number of aliphatic carboxylic acids is 1. The molecule has 38 heavy (non-hydrogen) atoms. The van der Waals surface area contributed by atoms with Gasteiger partial charge in [-0.3, -0.25) is 9.59 Å². The van der Waals surface area contributed by atoms with Crippen LogP contribution in [-0.4, -0.2) is 23.1 Å². The van der Waals surface area contributed by atoms with Crippen molar-refractivity contribution >= 4 is 11.9 Å². The Bertz CT molecular complexity index is 505. The lowest BCUT2D eigenvalue weighted by atomic mass is 10.0. The Hall–Kier alpha value is -1.06. The van der Waals surface area contributed by atoms with Crippen LogP contribution in [0.5, 0.6) is 0 Å². The predicted octanol–water partition coefficient (Wildman–Crippen LogP) is 11.3. The van der Waals surface area contributed by atoms with Crippen molar-refractivity contribution < 1.29 is 19.4 Å². The lowest BCUT2D eigenvalue weighted by molar-refractivity contribution is -0.150. The van der Waals surface area contributed by atoms with Crippen molar-refractivity contribution in [2.45, 2.75) is 206 Å². The molecule has 0 aromatic carbocycles. The highest BCUT2D eigenvalue weighted by atomic mass is 16.5. The van der Waals surface area contributed by atoms with E-state index in [4.69, 9.17) is 9.84 Å². The Labute approximate surface area is 237 Å². The van der Waals surface area contributed by atoms with Crippen molar-refractivity contribution in [1.29, 1.82) is 0 Å². The maximum atomic E-state index is 12.4. The third kappa shape index (κ3) is 29.5. The van der Waals surface area contributed by atoms with Gasteiger partial charge in [0.15, 0.2) is 0 Å². The molecule has 0 amide bonds. The van der Waals surface area contributed by atoms with Crippen LogP contribution in [0.1, 0.15) is 200 Å². The summed E-state index contributed by atoms with van der Waals surface area (Å²) in [6.07, 6.45) is 34.4. The largest absolute Gasteiger partial charge is 0.481 e. The fourth-order valence-electron chi connectivity index (χ4n) is 5.29. The average molecular weight is 539 g/mol. The number of ether oxygens (including phenoxy) is 1. The average Bonchev–Trinajstić information content (AvgIpc) is 2.90. The number of carboxylic acids is 1. The van der Waals surface area contributed by atoms with Gasteiger partial charge in [-0.1, -0.05) is 155 Å². The first kappa shape index (κ1) is 36.9. The number of hydrogen-bond acceptors (Lipinski definition) is 3. The molecule has 1 N–H and O–H groups in total. The molecule has 0 saturated heterocycles. The molecule has 0 bridgehead atoms. The quantitative estimate of drug-likeness (QED) is 0.0704. The fraction of sp³-hybridized carbons (Fsp3) is 0.941. The lowest BCUT2D eigenvalue weighted by Crippen LogP contribution is -2.18. The minimum atomic E-state index is -0.675. The SMILES string of the molecule is CCCCCCCCCCCCCCCC(=O)OC(CCCC)CCCCCCCCCCCCC(=O)O. The Balaban J connectivity index is 3.64. The van der Waals surface area contributed by atoms with Crippen LogP contribution in [0.3, 0.4) is 0 Å². The molecule has 0 radical (unpaired) electrons. The Kier molecular flexibility index (Phi) is 29.6. The van der Waals surface area contributed by atoms with Crippen LogP contribution in [0.25, 0.3) is 0 Å². The van der Waals surface area contributed by atoms with Gasteiger partial charge >= 0.3 is 11.9 Å². The van der Waals surface area contributed by atoms with Gasteiger partial charge in [0.05, 0.1) is 0 Å². The molecule has 1 atom stereocenters. The second-order valence-corrected chi connectivity index (χ2v) is 11.7.